The van der Waals surface area contributed by atoms with Crippen molar-refractivity contribution >= 4 is 27.5 Å². The Balaban J connectivity index is 2.21. The minimum absolute atomic E-state index is 0.323. The van der Waals surface area contributed by atoms with Crippen LogP contribution in [-0.4, -0.2) is 24.7 Å². The second-order valence-corrected chi connectivity index (χ2v) is 4.40. The summed E-state index contributed by atoms with van der Waals surface area (Å²) in [6.07, 6.45) is 0. The Hall–Kier alpha value is -1.07. The van der Waals surface area contributed by atoms with E-state index in [0.717, 1.165) is 10.2 Å². The Morgan fingerprint density at radius 2 is 2.13 bits per heavy atom. The maximum absolute atomic E-state index is 11.3. The number of carbonyl (C=O) groups is 1. The number of primary amides is 1. The predicted molar refractivity (Wildman–Crippen MR) is 60.5 cm³/mol. The van der Waals surface area contributed by atoms with Gasteiger partial charge in [0.15, 0.2) is 5.54 Å². The Morgan fingerprint density at radius 3 is 2.60 bits per heavy atom. The van der Waals surface area contributed by atoms with Crippen LogP contribution in [0.3, 0.4) is 0 Å². The first-order chi connectivity index (χ1) is 7.14. The van der Waals surface area contributed by atoms with Crippen LogP contribution in [0.15, 0.2) is 28.7 Å². The molecule has 0 aromatic heterocycles. The molecule has 80 valence electrons. The van der Waals surface area contributed by atoms with Gasteiger partial charge in [-0.25, -0.2) is 0 Å². The summed E-state index contributed by atoms with van der Waals surface area (Å²) in [4.78, 5) is 11.3. The number of ether oxygens (including phenoxy) is 1. The molecule has 3 N–H and O–H groups in total. The fourth-order valence-electron chi connectivity index (χ4n) is 1.40. The highest BCUT2D eigenvalue weighted by molar-refractivity contribution is 9.10. The molecule has 0 atom stereocenters. The van der Waals surface area contributed by atoms with Gasteiger partial charge in [-0.1, -0.05) is 12.1 Å². The summed E-state index contributed by atoms with van der Waals surface area (Å²) in [7, 11) is 0. The molecule has 4 nitrogen and oxygen atoms in total. The van der Waals surface area contributed by atoms with Crippen molar-refractivity contribution in [1.82, 2.24) is 0 Å². The molecule has 1 aliphatic heterocycles. The first-order valence-electron chi connectivity index (χ1n) is 4.54. The standard InChI is InChI=1S/C10H11BrN2O2/c11-7-3-1-2-4-8(7)13-10(9(12)14)5-15-6-10/h1-4,13H,5-6H2,(H2,12,14). The molecule has 0 spiro atoms. The van der Waals surface area contributed by atoms with Gasteiger partial charge in [-0.2, -0.15) is 0 Å². The Kier molecular flexibility index (Phi) is 2.67. The van der Waals surface area contributed by atoms with Gasteiger partial charge in [-0.15, -0.1) is 0 Å². The van der Waals surface area contributed by atoms with Crippen molar-refractivity contribution in [2.45, 2.75) is 5.54 Å². The zero-order valence-electron chi connectivity index (χ0n) is 8.00. The summed E-state index contributed by atoms with van der Waals surface area (Å²) in [6.45, 7) is 0.646. The lowest BCUT2D eigenvalue weighted by molar-refractivity contribution is -0.137. The van der Waals surface area contributed by atoms with E-state index in [0.29, 0.717) is 13.2 Å². The Morgan fingerprint density at radius 1 is 1.47 bits per heavy atom. The van der Waals surface area contributed by atoms with Crippen molar-refractivity contribution in [2.75, 3.05) is 18.5 Å². The first kappa shape index (κ1) is 10.4. The van der Waals surface area contributed by atoms with Crippen LogP contribution in [0.4, 0.5) is 5.69 Å². The Labute approximate surface area is 95.9 Å². The number of nitrogens with one attached hydrogen (secondary N) is 1. The number of amides is 1. The zero-order chi connectivity index (χ0) is 10.9. The fraction of sp³-hybridized carbons (Fsp3) is 0.300. The van der Waals surface area contributed by atoms with Crippen molar-refractivity contribution in [2.24, 2.45) is 5.73 Å². The predicted octanol–water partition coefficient (Wildman–Crippen LogP) is 1.12. The van der Waals surface area contributed by atoms with Crippen molar-refractivity contribution in [3.05, 3.63) is 28.7 Å². The van der Waals surface area contributed by atoms with E-state index in [2.05, 4.69) is 21.2 Å². The average Bonchev–Trinajstić information content (AvgIpc) is 2.13. The smallest absolute Gasteiger partial charge is 0.247 e. The first-order valence-corrected chi connectivity index (χ1v) is 5.34. The Bertz CT molecular complexity index is 391. The van der Waals surface area contributed by atoms with Gasteiger partial charge in [0.25, 0.3) is 0 Å². The van der Waals surface area contributed by atoms with Crippen molar-refractivity contribution < 1.29 is 9.53 Å². The summed E-state index contributed by atoms with van der Waals surface area (Å²) in [5, 5.41) is 3.11. The van der Waals surface area contributed by atoms with E-state index < -0.39 is 5.54 Å². The monoisotopic (exact) mass is 270 g/mol. The van der Waals surface area contributed by atoms with E-state index >= 15 is 0 Å². The SMILES string of the molecule is NC(=O)C1(Nc2ccccc2Br)COC1. The molecule has 1 heterocycles. The molecule has 0 saturated carbocycles. The topological polar surface area (TPSA) is 64.4 Å². The zero-order valence-corrected chi connectivity index (χ0v) is 9.58. The van der Waals surface area contributed by atoms with Crippen LogP contribution in [0.25, 0.3) is 0 Å². The lowest BCUT2D eigenvalue weighted by Gasteiger charge is -2.39. The number of halogens is 1. The summed E-state index contributed by atoms with van der Waals surface area (Å²) in [5.74, 6) is -0.385. The van der Waals surface area contributed by atoms with Gasteiger partial charge in [0, 0.05) is 10.2 Å². The molecule has 1 aromatic rings. The second kappa shape index (κ2) is 3.83. The lowest BCUT2D eigenvalue weighted by Crippen LogP contribution is -2.64. The number of nitrogens with two attached hydrogens (primary N) is 1. The van der Waals surface area contributed by atoms with Gasteiger partial charge in [0.05, 0.1) is 13.2 Å². The molecule has 1 amide bonds. The van der Waals surface area contributed by atoms with Crippen LogP contribution in [0, 0.1) is 0 Å². The molecule has 1 aromatic carbocycles. The van der Waals surface area contributed by atoms with Crippen molar-refractivity contribution in [3.8, 4) is 0 Å². The molecule has 2 rings (SSSR count). The van der Waals surface area contributed by atoms with Crippen molar-refractivity contribution in [1.29, 1.82) is 0 Å². The number of anilines is 1. The molecule has 0 bridgehead atoms. The fourth-order valence-corrected chi connectivity index (χ4v) is 1.79. The normalized spacial score (nSPS) is 17.9. The lowest BCUT2D eigenvalue weighted by atomic mass is 9.96. The maximum atomic E-state index is 11.3. The molecular formula is C10H11BrN2O2. The molecule has 15 heavy (non-hydrogen) atoms. The van der Waals surface area contributed by atoms with Crippen LogP contribution in [0.1, 0.15) is 0 Å². The number of hydrogen-bond donors (Lipinski definition) is 2. The van der Waals surface area contributed by atoms with E-state index in [1.807, 2.05) is 24.3 Å². The number of benzene rings is 1. The molecule has 0 aliphatic carbocycles. The van der Waals surface area contributed by atoms with Gasteiger partial charge >= 0.3 is 0 Å². The van der Waals surface area contributed by atoms with Gasteiger partial charge in [0.1, 0.15) is 0 Å². The van der Waals surface area contributed by atoms with Crippen LogP contribution in [0.5, 0.6) is 0 Å². The van der Waals surface area contributed by atoms with Crippen LogP contribution < -0.4 is 11.1 Å². The number of hydrogen-bond acceptors (Lipinski definition) is 3. The number of rotatable bonds is 3. The van der Waals surface area contributed by atoms with Gasteiger partial charge in [-0.3, -0.25) is 4.79 Å². The second-order valence-electron chi connectivity index (χ2n) is 3.54. The maximum Gasteiger partial charge on any atom is 0.247 e. The third-order valence-electron chi connectivity index (χ3n) is 2.42. The molecule has 1 aliphatic rings. The third-order valence-corrected chi connectivity index (χ3v) is 3.11. The largest absolute Gasteiger partial charge is 0.375 e. The van der Waals surface area contributed by atoms with E-state index in [-0.39, 0.29) is 5.91 Å². The van der Waals surface area contributed by atoms with Gasteiger partial charge in [-0.05, 0) is 28.1 Å². The van der Waals surface area contributed by atoms with Crippen molar-refractivity contribution in [3.63, 3.8) is 0 Å². The van der Waals surface area contributed by atoms with E-state index in [4.69, 9.17) is 10.5 Å². The molecule has 1 fully saturated rings. The van der Waals surface area contributed by atoms with Crippen LogP contribution >= 0.6 is 15.9 Å². The molecular weight excluding hydrogens is 260 g/mol. The highest BCUT2D eigenvalue weighted by atomic mass is 79.9. The van der Waals surface area contributed by atoms with Crippen LogP contribution in [0.2, 0.25) is 0 Å². The summed E-state index contributed by atoms with van der Waals surface area (Å²) < 4.78 is 5.93. The summed E-state index contributed by atoms with van der Waals surface area (Å²) >= 11 is 3.40. The van der Waals surface area contributed by atoms with Gasteiger partial charge in [0.2, 0.25) is 5.91 Å². The summed E-state index contributed by atoms with van der Waals surface area (Å²) in [5.41, 5.74) is 5.43. The summed E-state index contributed by atoms with van der Waals surface area (Å²) in [6, 6.07) is 7.58. The quantitative estimate of drug-likeness (QED) is 0.865. The minimum Gasteiger partial charge on any atom is -0.375 e. The number of para-hydroxylation sites is 1. The van der Waals surface area contributed by atoms with Crippen LogP contribution in [-0.2, 0) is 9.53 Å². The molecule has 0 unspecified atom stereocenters. The highest BCUT2D eigenvalue weighted by Gasteiger charge is 2.44. The molecule has 0 radical (unpaired) electrons. The minimum atomic E-state index is -0.746. The van der Waals surface area contributed by atoms with Gasteiger partial charge < -0.3 is 15.8 Å². The third kappa shape index (κ3) is 1.85. The van der Waals surface area contributed by atoms with E-state index in [9.17, 15) is 4.79 Å². The average molecular weight is 271 g/mol. The number of carbonyl (C=O) groups excluding carboxylic acids is 1. The van der Waals surface area contributed by atoms with E-state index in [1.165, 1.54) is 0 Å². The highest BCUT2D eigenvalue weighted by Crippen LogP contribution is 2.28. The molecule has 1 saturated heterocycles. The van der Waals surface area contributed by atoms with E-state index in [1.54, 1.807) is 0 Å². The molecule has 5 heteroatoms.